The molecule has 0 saturated carbocycles. The van der Waals surface area contributed by atoms with Crippen molar-refractivity contribution in [3.05, 3.63) is 21.3 Å². The first-order valence-electron chi connectivity index (χ1n) is 7.28. The lowest BCUT2D eigenvalue weighted by molar-refractivity contribution is -0.133. The quantitative estimate of drug-likeness (QED) is 0.903. The van der Waals surface area contributed by atoms with Gasteiger partial charge in [-0.1, -0.05) is 25.4 Å². The van der Waals surface area contributed by atoms with Gasteiger partial charge in [0.05, 0.1) is 4.34 Å². The minimum atomic E-state index is -0.382. The van der Waals surface area contributed by atoms with Crippen LogP contribution in [0.25, 0.3) is 0 Å². The number of carbonyl (C=O) groups excluding carboxylic acids is 2. The molecule has 1 aromatic rings. The van der Waals surface area contributed by atoms with Crippen LogP contribution in [0.3, 0.4) is 0 Å². The highest BCUT2D eigenvalue weighted by Crippen LogP contribution is 2.22. The fourth-order valence-electron chi connectivity index (χ4n) is 2.48. The molecule has 1 unspecified atom stereocenters. The number of nitrogens with zero attached hydrogens (tertiary/aromatic N) is 1. The molecule has 1 aliphatic rings. The molecule has 0 aromatic carbocycles. The molecule has 4 nitrogen and oxygen atoms in total. The van der Waals surface area contributed by atoms with E-state index in [1.807, 2.05) is 12.1 Å². The Kier molecular flexibility index (Phi) is 5.65. The monoisotopic (exact) mass is 328 g/mol. The van der Waals surface area contributed by atoms with Gasteiger partial charge in [0.1, 0.15) is 6.04 Å². The SMILES string of the molecule is CC(C)CC1NC(=O)CCN(CCc2ccc(Cl)s2)C1=O. The van der Waals surface area contributed by atoms with E-state index in [0.717, 1.165) is 15.6 Å². The van der Waals surface area contributed by atoms with Crippen LogP contribution in [0, 0.1) is 5.92 Å². The third-order valence-electron chi connectivity index (χ3n) is 3.52. The normalized spacial score (nSPS) is 19.8. The zero-order chi connectivity index (χ0) is 15.4. The van der Waals surface area contributed by atoms with Gasteiger partial charge in [0.2, 0.25) is 11.8 Å². The molecule has 116 valence electrons. The molecule has 2 amide bonds. The summed E-state index contributed by atoms with van der Waals surface area (Å²) in [4.78, 5) is 27.2. The first-order chi connectivity index (χ1) is 9.95. The Morgan fingerprint density at radius 3 is 2.81 bits per heavy atom. The van der Waals surface area contributed by atoms with Crippen molar-refractivity contribution in [2.75, 3.05) is 13.1 Å². The van der Waals surface area contributed by atoms with Crippen molar-refractivity contribution in [2.45, 2.75) is 39.2 Å². The van der Waals surface area contributed by atoms with Crippen molar-refractivity contribution in [1.82, 2.24) is 10.2 Å². The summed E-state index contributed by atoms with van der Waals surface area (Å²) in [6.07, 6.45) is 1.85. The van der Waals surface area contributed by atoms with E-state index < -0.39 is 0 Å². The standard InChI is InChI=1S/C15H21ClN2O2S/c1-10(2)9-12-15(20)18(8-6-14(19)17-12)7-5-11-3-4-13(16)21-11/h3-4,10,12H,5-9H2,1-2H3,(H,17,19). The molecule has 0 aliphatic carbocycles. The van der Waals surface area contributed by atoms with Gasteiger partial charge in [-0.3, -0.25) is 9.59 Å². The third kappa shape index (κ3) is 4.71. The van der Waals surface area contributed by atoms with Crippen LogP contribution in [0.2, 0.25) is 4.34 Å². The van der Waals surface area contributed by atoms with Crippen LogP contribution in [0.5, 0.6) is 0 Å². The van der Waals surface area contributed by atoms with E-state index in [2.05, 4.69) is 19.2 Å². The number of carbonyl (C=O) groups is 2. The first-order valence-corrected chi connectivity index (χ1v) is 8.47. The summed E-state index contributed by atoms with van der Waals surface area (Å²) in [5, 5.41) is 2.84. The smallest absolute Gasteiger partial charge is 0.245 e. The second kappa shape index (κ2) is 7.27. The molecule has 0 bridgehead atoms. The zero-order valence-electron chi connectivity index (χ0n) is 12.4. The average Bonchev–Trinajstić information content (AvgIpc) is 2.77. The molecule has 1 aliphatic heterocycles. The van der Waals surface area contributed by atoms with Crippen molar-refractivity contribution < 1.29 is 9.59 Å². The molecule has 2 heterocycles. The van der Waals surface area contributed by atoms with Gasteiger partial charge >= 0.3 is 0 Å². The predicted octanol–water partition coefficient (Wildman–Crippen LogP) is 2.71. The molecule has 0 spiro atoms. The molecule has 1 aromatic heterocycles. The summed E-state index contributed by atoms with van der Waals surface area (Å²) in [6.45, 7) is 5.25. The molecule has 1 N–H and O–H groups in total. The Balaban J connectivity index is 1.99. The fourth-order valence-corrected chi connectivity index (χ4v) is 3.56. The molecular weight excluding hydrogens is 308 g/mol. The number of thiophene rings is 1. The molecule has 1 fully saturated rings. The average molecular weight is 329 g/mol. The lowest BCUT2D eigenvalue weighted by Gasteiger charge is -2.24. The van der Waals surface area contributed by atoms with Gasteiger partial charge in [0, 0.05) is 24.4 Å². The molecular formula is C15H21ClN2O2S. The maximum Gasteiger partial charge on any atom is 0.245 e. The summed E-state index contributed by atoms with van der Waals surface area (Å²) >= 11 is 7.46. The summed E-state index contributed by atoms with van der Waals surface area (Å²) in [5.41, 5.74) is 0. The summed E-state index contributed by atoms with van der Waals surface area (Å²) < 4.78 is 0.765. The minimum Gasteiger partial charge on any atom is -0.344 e. The Hall–Kier alpha value is -1.07. The van der Waals surface area contributed by atoms with Crippen molar-refractivity contribution in [3.63, 3.8) is 0 Å². The Morgan fingerprint density at radius 2 is 2.19 bits per heavy atom. The van der Waals surface area contributed by atoms with Crippen LogP contribution in [0.1, 0.15) is 31.6 Å². The summed E-state index contributed by atoms with van der Waals surface area (Å²) in [5.74, 6) is 0.378. The summed E-state index contributed by atoms with van der Waals surface area (Å²) in [7, 11) is 0. The summed E-state index contributed by atoms with van der Waals surface area (Å²) in [6, 6.07) is 3.48. The van der Waals surface area contributed by atoms with Crippen LogP contribution in [-0.2, 0) is 16.0 Å². The van der Waals surface area contributed by atoms with Gasteiger partial charge in [-0.05, 0) is 30.9 Å². The van der Waals surface area contributed by atoms with Gasteiger partial charge < -0.3 is 10.2 Å². The highest BCUT2D eigenvalue weighted by Gasteiger charge is 2.29. The van der Waals surface area contributed by atoms with E-state index in [1.54, 1.807) is 4.90 Å². The van der Waals surface area contributed by atoms with Gasteiger partial charge in [0.25, 0.3) is 0 Å². The Bertz CT molecular complexity index is 516. The second-order valence-corrected chi connectivity index (χ2v) is 7.58. The van der Waals surface area contributed by atoms with E-state index in [4.69, 9.17) is 11.6 Å². The van der Waals surface area contributed by atoms with Gasteiger partial charge in [-0.2, -0.15) is 0 Å². The Morgan fingerprint density at radius 1 is 1.43 bits per heavy atom. The molecule has 1 atom stereocenters. The van der Waals surface area contributed by atoms with E-state index in [1.165, 1.54) is 11.3 Å². The van der Waals surface area contributed by atoms with Gasteiger partial charge in [-0.25, -0.2) is 0 Å². The first kappa shape index (κ1) is 16.3. The highest BCUT2D eigenvalue weighted by molar-refractivity contribution is 7.16. The zero-order valence-corrected chi connectivity index (χ0v) is 14.0. The van der Waals surface area contributed by atoms with E-state index in [9.17, 15) is 9.59 Å². The van der Waals surface area contributed by atoms with Gasteiger partial charge in [-0.15, -0.1) is 11.3 Å². The number of nitrogens with one attached hydrogen (secondary N) is 1. The van der Waals surface area contributed by atoms with Crippen LogP contribution >= 0.6 is 22.9 Å². The van der Waals surface area contributed by atoms with Crippen LogP contribution in [-0.4, -0.2) is 35.8 Å². The minimum absolute atomic E-state index is 0.0318. The maximum absolute atomic E-state index is 12.5. The van der Waals surface area contributed by atoms with Crippen molar-refractivity contribution in [3.8, 4) is 0 Å². The molecule has 21 heavy (non-hydrogen) atoms. The number of halogens is 1. The lowest BCUT2D eigenvalue weighted by atomic mass is 10.0. The predicted molar refractivity (Wildman–Crippen MR) is 85.6 cm³/mol. The molecule has 1 saturated heterocycles. The van der Waals surface area contributed by atoms with Crippen LogP contribution in [0.4, 0.5) is 0 Å². The van der Waals surface area contributed by atoms with Gasteiger partial charge in [0.15, 0.2) is 0 Å². The number of amides is 2. The topological polar surface area (TPSA) is 49.4 Å². The number of rotatable bonds is 5. The highest BCUT2D eigenvalue weighted by atomic mass is 35.5. The van der Waals surface area contributed by atoms with Crippen molar-refractivity contribution in [1.29, 1.82) is 0 Å². The largest absolute Gasteiger partial charge is 0.344 e. The van der Waals surface area contributed by atoms with Crippen LogP contribution < -0.4 is 5.32 Å². The maximum atomic E-state index is 12.5. The molecule has 2 rings (SSSR count). The number of hydrogen-bond acceptors (Lipinski definition) is 3. The third-order valence-corrected chi connectivity index (χ3v) is 4.81. The lowest BCUT2D eigenvalue weighted by Crippen LogP contribution is -2.45. The second-order valence-electron chi connectivity index (χ2n) is 5.78. The molecule has 6 heteroatoms. The van der Waals surface area contributed by atoms with Crippen molar-refractivity contribution >= 4 is 34.8 Å². The number of hydrogen-bond donors (Lipinski definition) is 1. The molecule has 0 radical (unpaired) electrons. The van der Waals surface area contributed by atoms with Crippen molar-refractivity contribution in [2.24, 2.45) is 5.92 Å². The van der Waals surface area contributed by atoms with E-state index >= 15 is 0 Å². The Labute approximate surface area is 134 Å². The van der Waals surface area contributed by atoms with Crippen LogP contribution in [0.15, 0.2) is 12.1 Å². The van der Waals surface area contributed by atoms with E-state index in [0.29, 0.717) is 31.8 Å². The van der Waals surface area contributed by atoms with E-state index in [-0.39, 0.29) is 17.9 Å². The fraction of sp³-hybridized carbons (Fsp3) is 0.600.